The monoisotopic (exact) mass is 306 g/mol. The van der Waals surface area contributed by atoms with Gasteiger partial charge in [-0.05, 0) is 30.7 Å². The van der Waals surface area contributed by atoms with Crippen molar-refractivity contribution < 1.29 is 4.74 Å². The molecule has 0 atom stereocenters. The Bertz CT molecular complexity index is 695. The number of methoxy groups -OCH3 is 1. The highest BCUT2D eigenvalue weighted by Gasteiger charge is 2.13. The summed E-state index contributed by atoms with van der Waals surface area (Å²) in [6, 6.07) is 9.04. The lowest BCUT2D eigenvalue weighted by atomic mass is 10.1. The molecule has 0 aliphatic carbocycles. The molecule has 0 aliphatic rings. The summed E-state index contributed by atoms with van der Waals surface area (Å²) in [5, 5.41) is 0.601. The maximum absolute atomic E-state index is 12.5. The minimum Gasteiger partial charge on any atom is -0.496 e. The minimum absolute atomic E-state index is 0.0566. The van der Waals surface area contributed by atoms with Crippen LogP contribution in [0.1, 0.15) is 18.9 Å². The number of benzene rings is 1. The maximum atomic E-state index is 12.5. The molecule has 0 bridgehead atoms. The lowest BCUT2D eigenvalue weighted by Crippen LogP contribution is -2.26. The third kappa shape index (κ3) is 3.12. The lowest BCUT2D eigenvalue weighted by molar-refractivity contribution is 0.416. The molecule has 0 unspecified atom stereocenters. The van der Waals surface area contributed by atoms with E-state index in [1.807, 2.05) is 19.1 Å². The summed E-state index contributed by atoms with van der Waals surface area (Å²) in [6.07, 6.45) is 0.851. The van der Waals surface area contributed by atoms with Gasteiger partial charge < -0.3 is 15.0 Å². The summed E-state index contributed by atoms with van der Waals surface area (Å²) >= 11 is 6.09. The van der Waals surface area contributed by atoms with E-state index >= 15 is 0 Å². The maximum Gasteiger partial charge on any atom is 0.255 e. The van der Waals surface area contributed by atoms with Crippen LogP contribution < -0.4 is 16.0 Å². The van der Waals surface area contributed by atoms with E-state index in [0.29, 0.717) is 22.9 Å². The van der Waals surface area contributed by atoms with Gasteiger partial charge in [-0.25, -0.2) is 0 Å². The van der Waals surface area contributed by atoms with Crippen molar-refractivity contribution in [1.29, 1.82) is 0 Å². The predicted octanol–water partition coefficient (Wildman–Crippen LogP) is 3.05. The van der Waals surface area contributed by atoms with Gasteiger partial charge in [0.25, 0.3) is 5.56 Å². The standard InChI is InChI=1S/C16H19ClN2O2/c1-3-8-19-14(6-4-11(10-18)16(19)20)13-9-12(17)5-7-15(13)21-2/h4-7,9H,3,8,10,18H2,1-2H3. The highest BCUT2D eigenvalue weighted by Crippen LogP contribution is 2.32. The molecule has 2 rings (SSSR count). The Morgan fingerprint density at radius 3 is 2.67 bits per heavy atom. The van der Waals surface area contributed by atoms with E-state index in [0.717, 1.165) is 17.7 Å². The van der Waals surface area contributed by atoms with Crippen LogP contribution in [0.25, 0.3) is 11.3 Å². The molecular weight excluding hydrogens is 288 g/mol. The molecule has 0 spiro atoms. The van der Waals surface area contributed by atoms with E-state index in [9.17, 15) is 4.79 Å². The number of aromatic nitrogens is 1. The number of hydrogen-bond donors (Lipinski definition) is 1. The molecule has 1 heterocycles. The van der Waals surface area contributed by atoms with Crippen molar-refractivity contribution in [3.8, 4) is 17.0 Å². The van der Waals surface area contributed by atoms with Gasteiger partial charge in [-0.15, -0.1) is 0 Å². The molecule has 0 fully saturated rings. The summed E-state index contributed by atoms with van der Waals surface area (Å²) in [6.45, 7) is 2.88. The summed E-state index contributed by atoms with van der Waals surface area (Å²) in [5.74, 6) is 0.684. The molecule has 0 saturated heterocycles. The molecule has 2 aromatic rings. The number of pyridine rings is 1. The third-order valence-corrected chi connectivity index (χ3v) is 3.59. The first-order valence-electron chi connectivity index (χ1n) is 6.89. The molecule has 1 aromatic heterocycles. The lowest BCUT2D eigenvalue weighted by Gasteiger charge is -2.16. The second kappa shape index (κ2) is 6.78. The molecule has 112 valence electrons. The molecule has 0 saturated carbocycles. The molecular formula is C16H19ClN2O2. The van der Waals surface area contributed by atoms with Gasteiger partial charge in [0.05, 0.1) is 12.8 Å². The number of nitrogens with two attached hydrogens (primary N) is 1. The first-order chi connectivity index (χ1) is 10.1. The fraction of sp³-hybridized carbons (Fsp3) is 0.312. The summed E-state index contributed by atoms with van der Waals surface area (Å²) in [7, 11) is 1.60. The highest BCUT2D eigenvalue weighted by atomic mass is 35.5. The molecule has 1 aromatic carbocycles. The van der Waals surface area contributed by atoms with E-state index in [4.69, 9.17) is 22.1 Å². The number of ether oxygens (including phenoxy) is 1. The largest absolute Gasteiger partial charge is 0.496 e. The van der Waals surface area contributed by atoms with Crippen LogP contribution in [0, 0.1) is 0 Å². The zero-order valence-corrected chi connectivity index (χ0v) is 13.0. The molecule has 4 nitrogen and oxygen atoms in total. The smallest absolute Gasteiger partial charge is 0.255 e. The predicted molar refractivity (Wildman–Crippen MR) is 85.9 cm³/mol. The number of hydrogen-bond acceptors (Lipinski definition) is 3. The van der Waals surface area contributed by atoms with Crippen LogP contribution in [-0.4, -0.2) is 11.7 Å². The molecule has 0 radical (unpaired) electrons. The van der Waals surface area contributed by atoms with Crippen molar-refractivity contribution >= 4 is 11.6 Å². The highest BCUT2D eigenvalue weighted by molar-refractivity contribution is 6.30. The Morgan fingerprint density at radius 1 is 1.29 bits per heavy atom. The van der Waals surface area contributed by atoms with Gasteiger partial charge in [0.1, 0.15) is 5.75 Å². The van der Waals surface area contributed by atoms with Crippen molar-refractivity contribution in [2.45, 2.75) is 26.4 Å². The molecule has 21 heavy (non-hydrogen) atoms. The molecule has 2 N–H and O–H groups in total. The molecule has 0 aliphatic heterocycles. The first-order valence-corrected chi connectivity index (χ1v) is 7.26. The van der Waals surface area contributed by atoms with Crippen LogP contribution in [0.2, 0.25) is 5.02 Å². The Kier molecular flexibility index (Phi) is 5.04. The van der Waals surface area contributed by atoms with Crippen molar-refractivity contribution in [2.75, 3.05) is 7.11 Å². The van der Waals surface area contributed by atoms with Crippen molar-refractivity contribution in [3.63, 3.8) is 0 Å². The van der Waals surface area contributed by atoms with E-state index in [-0.39, 0.29) is 12.1 Å². The second-order valence-corrected chi connectivity index (χ2v) is 5.19. The van der Waals surface area contributed by atoms with Gasteiger partial charge in [-0.2, -0.15) is 0 Å². The Morgan fingerprint density at radius 2 is 2.05 bits per heavy atom. The average Bonchev–Trinajstić information content (AvgIpc) is 2.49. The van der Waals surface area contributed by atoms with Crippen molar-refractivity contribution in [3.05, 3.63) is 51.3 Å². The minimum atomic E-state index is -0.0566. The van der Waals surface area contributed by atoms with E-state index in [1.54, 1.807) is 29.9 Å². The van der Waals surface area contributed by atoms with Gasteiger partial charge in [0.2, 0.25) is 0 Å². The third-order valence-electron chi connectivity index (χ3n) is 3.36. The summed E-state index contributed by atoms with van der Waals surface area (Å²) in [4.78, 5) is 12.5. The van der Waals surface area contributed by atoms with Gasteiger partial charge in [-0.3, -0.25) is 4.79 Å². The van der Waals surface area contributed by atoms with Crippen molar-refractivity contribution in [2.24, 2.45) is 5.73 Å². The number of rotatable bonds is 5. The summed E-state index contributed by atoms with van der Waals surface area (Å²) in [5.41, 5.74) is 7.77. The van der Waals surface area contributed by atoms with Crippen LogP contribution >= 0.6 is 11.6 Å². The average molecular weight is 307 g/mol. The number of nitrogens with zero attached hydrogens (tertiary/aromatic N) is 1. The number of halogens is 1. The van der Waals surface area contributed by atoms with Crippen LogP contribution in [0.4, 0.5) is 0 Å². The SMILES string of the molecule is CCCn1c(-c2cc(Cl)ccc2OC)ccc(CN)c1=O. The fourth-order valence-corrected chi connectivity index (χ4v) is 2.51. The first kappa shape index (κ1) is 15.6. The van der Waals surface area contributed by atoms with Crippen LogP contribution in [0.15, 0.2) is 35.1 Å². The van der Waals surface area contributed by atoms with Gasteiger partial charge in [0, 0.05) is 29.2 Å². The zero-order valence-electron chi connectivity index (χ0n) is 12.2. The van der Waals surface area contributed by atoms with Gasteiger partial charge >= 0.3 is 0 Å². The van der Waals surface area contributed by atoms with Gasteiger partial charge in [-0.1, -0.05) is 24.6 Å². The molecule has 0 amide bonds. The Labute approximate surface area is 129 Å². The Balaban J connectivity index is 2.71. The fourth-order valence-electron chi connectivity index (χ4n) is 2.34. The Hall–Kier alpha value is -1.78. The van der Waals surface area contributed by atoms with Crippen LogP contribution in [0.5, 0.6) is 5.75 Å². The topological polar surface area (TPSA) is 57.2 Å². The zero-order chi connectivity index (χ0) is 15.4. The van der Waals surface area contributed by atoms with Crippen LogP contribution in [0.3, 0.4) is 0 Å². The van der Waals surface area contributed by atoms with E-state index in [1.165, 1.54) is 0 Å². The van der Waals surface area contributed by atoms with E-state index < -0.39 is 0 Å². The quantitative estimate of drug-likeness (QED) is 0.923. The van der Waals surface area contributed by atoms with Crippen molar-refractivity contribution in [1.82, 2.24) is 4.57 Å². The summed E-state index contributed by atoms with van der Waals surface area (Å²) < 4.78 is 7.12. The van der Waals surface area contributed by atoms with Gasteiger partial charge in [0.15, 0.2) is 0 Å². The molecule has 5 heteroatoms. The van der Waals surface area contributed by atoms with E-state index in [2.05, 4.69) is 0 Å². The normalized spacial score (nSPS) is 10.7. The second-order valence-electron chi connectivity index (χ2n) is 4.75. The van der Waals surface area contributed by atoms with Crippen LogP contribution in [-0.2, 0) is 13.1 Å².